The summed E-state index contributed by atoms with van der Waals surface area (Å²) < 4.78 is 7.19. The van der Waals surface area contributed by atoms with E-state index >= 15 is 0 Å². The maximum absolute atomic E-state index is 12.5. The van der Waals surface area contributed by atoms with Gasteiger partial charge < -0.3 is 15.4 Å². The highest BCUT2D eigenvalue weighted by molar-refractivity contribution is 5.92. The van der Waals surface area contributed by atoms with E-state index < -0.39 is 0 Å². The summed E-state index contributed by atoms with van der Waals surface area (Å²) in [5.74, 6) is -0.128. The smallest absolute Gasteiger partial charge is 0.272 e. The zero-order valence-corrected chi connectivity index (χ0v) is 15.6. The van der Waals surface area contributed by atoms with E-state index in [9.17, 15) is 9.59 Å². The topological polar surface area (TPSA) is 88.5 Å². The normalized spacial score (nSPS) is 24.5. The number of aromatic nitrogens is 2. The quantitative estimate of drug-likeness (QED) is 0.763. The highest BCUT2D eigenvalue weighted by atomic mass is 16.5. The third-order valence-corrected chi connectivity index (χ3v) is 5.19. The number of likely N-dealkylation sites (tertiary alicyclic amines) is 1. The van der Waals surface area contributed by atoms with Gasteiger partial charge in [-0.05, 0) is 39.2 Å². The summed E-state index contributed by atoms with van der Waals surface area (Å²) in [6.07, 6.45) is 4.29. The molecular formula is C18H29N5O3. The Morgan fingerprint density at radius 2 is 2.08 bits per heavy atom. The molecule has 3 rings (SSSR count). The number of ether oxygens (including phenoxy) is 1. The number of hydrogen-bond donors (Lipinski definition) is 2. The van der Waals surface area contributed by atoms with Crippen LogP contribution in [-0.4, -0.2) is 70.9 Å². The number of nitrogens with one attached hydrogen (secondary N) is 2. The molecule has 2 N–H and O–H groups in total. The minimum absolute atomic E-state index is 0.0472. The molecule has 26 heavy (non-hydrogen) atoms. The van der Waals surface area contributed by atoms with Gasteiger partial charge in [-0.25, -0.2) is 0 Å². The molecule has 2 aliphatic heterocycles. The third kappa shape index (κ3) is 4.24. The second kappa shape index (κ2) is 8.64. The second-order valence-corrected chi connectivity index (χ2v) is 6.91. The van der Waals surface area contributed by atoms with Crippen molar-refractivity contribution in [2.24, 2.45) is 0 Å². The van der Waals surface area contributed by atoms with Crippen LogP contribution in [0.3, 0.4) is 0 Å². The fourth-order valence-electron chi connectivity index (χ4n) is 3.85. The first-order valence-electron chi connectivity index (χ1n) is 9.57. The number of amides is 2. The molecule has 0 saturated carbocycles. The zero-order chi connectivity index (χ0) is 18.5. The Kier molecular flexibility index (Phi) is 6.26. The van der Waals surface area contributed by atoms with Crippen LogP contribution in [0.5, 0.6) is 0 Å². The lowest BCUT2D eigenvalue weighted by Crippen LogP contribution is -2.49. The Balaban J connectivity index is 1.66. The van der Waals surface area contributed by atoms with Gasteiger partial charge in [-0.2, -0.15) is 5.10 Å². The molecule has 8 nitrogen and oxygen atoms in total. The standard InChI is InChI=1S/C18H29N5O3/c1-3-19-18(25)16-11-13(12-23(16)14-6-9-26-10-7-14)20-17(24)15-5-8-22(4-2)21-15/h5,8,13-14,16H,3-4,6-7,9-12H2,1-2H3,(H,19,25)(H,20,24). The molecule has 1 aromatic heterocycles. The number of hydrogen-bond acceptors (Lipinski definition) is 5. The van der Waals surface area contributed by atoms with Crippen LogP contribution in [0.4, 0.5) is 0 Å². The van der Waals surface area contributed by atoms with Crippen molar-refractivity contribution >= 4 is 11.8 Å². The van der Waals surface area contributed by atoms with Crippen molar-refractivity contribution in [2.45, 2.75) is 57.8 Å². The van der Waals surface area contributed by atoms with Gasteiger partial charge in [0.25, 0.3) is 5.91 Å². The average Bonchev–Trinajstić information content (AvgIpc) is 3.29. The Morgan fingerprint density at radius 1 is 1.31 bits per heavy atom. The molecule has 0 radical (unpaired) electrons. The molecule has 0 aliphatic carbocycles. The van der Waals surface area contributed by atoms with Crippen molar-refractivity contribution < 1.29 is 14.3 Å². The zero-order valence-electron chi connectivity index (χ0n) is 15.6. The maximum Gasteiger partial charge on any atom is 0.272 e. The van der Waals surface area contributed by atoms with Crippen LogP contribution in [-0.2, 0) is 16.1 Å². The summed E-state index contributed by atoms with van der Waals surface area (Å²) in [6.45, 7) is 7.40. The second-order valence-electron chi connectivity index (χ2n) is 6.91. The largest absolute Gasteiger partial charge is 0.381 e. The summed E-state index contributed by atoms with van der Waals surface area (Å²) in [4.78, 5) is 27.3. The minimum atomic E-state index is -0.198. The molecule has 144 valence electrons. The van der Waals surface area contributed by atoms with E-state index in [-0.39, 0.29) is 23.9 Å². The first kappa shape index (κ1) is 18.8. The van der Waals surface area contributed by atoms with Crippen molar-refractivity contribution in [1.29, 1.82) is 0 Å². The molecule has 1 aromatic rings. The van der Waals surface area contributed by atoms with E-state index in [4.69, 9.17) is 4.74 Å². The van der Waals surface area contributed by atoms with Gasteiger partial charge in [0, 0.05) is 51.1 Å². The first-order valence-corrected chi connectivity index (χ1v) is 9.57. The van der Waals surface area contributed by atoms with Crippen LogP contribution in [0, 0.1) is 0 Å². The third-order valence-electron chi connectivity index (χ3n) is 5.19. The molecule has 2 aliphatic rings. The number of nitrogens with zero attached hydrogens (tertiary/aromatic N) is 3. The highest BCUT2D eigenvalue weighted by Crippen LogP contribution is 2.26. The van der Waals surface area contributed by atoms with Crippen molar-refractivity contribution in [3.05, 3.63) is 18.0 Å². The van der Waals surface area contributed by atoms with Crippen LogP contribution in [0.15, 0.2) is 12.3 Å². The first-order chi connectivity index (χ1) is 12.6. The lowest BCUT2D eigenvalue weighted by Gasteiger charge is -2.34. The van der Waals surface area contributed by atoms with Crippen LogP contribution >= 0.6 is 0 Å². The van der Waals surface area contributed by atoms with Crippen LogP contribution < -0.4 is 10.6 Å². The molecule has 0 bridgehead atoms. The lowest BCUT2D eigenvalue weighted by atomic mass is 10.1. The number of rotatable bonds is 6. The Morgan fingerprint density at radius 3 is 2.73 bits per heavy atom. The molecule has 0 spiro atoms. The van der Waals surface area contributed by atoms with E-state index in [1.165, 1.54) is 0 Å². The van der Waals surface area contributed by atoms with Crippen LogP contribution in [0.1, 0.15) is 43.6 Å². The molecule has 3 heterocycles. The minimum Gasteiger partial charge on any atom is -0.381 e. The number of carbonyl (C=O) groups excluding carboxylic acids is 2. The summed E-state index contributed by atoms with van der Waals surface area (Å²) in [5, 5.41) is 10.3. The van der Waals surface area contributed by atoms with E-state index in [1.807, 2.05) is 13.8 Å². The molecule has 2 amide bonds. The highest BCUT2D eigenvalue weighted by Gasteiger charge is 2.41. The van der Waals surface area contributed by atoms with Gasteiger partial charge in [0.05, 0.1) is 6.04 Å². The number of carbonyl (C=O) groups is 2. The SMILES string of the molecule is CCNC(=O)C1CC(NC(=O)c2ccn(CC)n2)CN1C1CCOCC1. The molecule has 8 heteroatoms. The van der Waals surface area contributed by atoms with Crippen molar-refractivity contribution in [2.75, 3.05) is 26.3 Å². The average molecular weight is 363 g/mol. The predicted octanol–water partition coefficient (Wildman–Crippen LogP) is 0.391. The van der Waals surface area contributed by atoms with E-state index in [0.29, 0.717) is 31.2 Å². The van der Waals surface area contributed by atoms with E-state index in [2.05, 4.69) is 20.6 Å². The van der Waals surface area contributed by atoms with Crippen LogP contribution in [0.25, 0.3) is 0 Å². The molecule has 2 unspecified atom stereocenters. The van der Waals surface area contributed by atoms with Crippen LogP contribution in [0.2, 0.25) is 0 Å². The summed E-state index contributed by atoms with van der Waals surface area (Å²) in [5.41, 5.74) is 0.422. The van der Waals surface area contributed by atoms with Crippen molar-refractivity contribution in [3.8, 4) is 0 Å². The fourth-order valence-corrected chi connectivity index (χ4v) is 3.85. The Bertz CT molecular complexity index is 626. The van der Waals surface area contributed by atoms with Gasteiger partial charge in [-0.3, -0.25) is 19.2 Å². The van der Waals surface area contributed by atoms with E-state index in [0.717, 1.165) is 32.6 Å². The van der Waals surface area contributed by atoms with Gasteiger partial charge in [-0.15, -0.1) is 0 Å². The van der Waals surface area contributed by atoms with Gasteiger partial charge in [0.1, 0.15) is 5.69 Å². The summed E-state index contributed by atoms with van der Waals surface area (Å²) >= 11 is 0. The Hall–Kier alpha value is -1.93. The van der Waals surface area contributed by atoms with Crippen molar-refractivity contribution in [3.63, 3.8) is 0 Å². The van der Waals surface area contributed by atoms with Gasteiger partial charge in [-0.1, -0.05) is 0 Å². The maximum atomic E-state index is 12.5. The molecule has 2 fully saturated rings. The molecular weight excluding hydrogens is 334 g/mol. The number of aryl methyl sites for hydroxylation is 1. The van der Waals surface area contributed by atoms with Gasteiger partial charge in [0.2, 0.25) is 5.91 Å². The van der Waals surface area contributed by atoms with Gasteiger partial charge in [0.15, 0.2) is 0 Å². The van der Waals surface area contributed by atoms with E-state index in [1.54, 1.807) is 16.9 Å². The fraction of sp³-hybridized carbons (Fsp3) is 0.722. The van der Waals surface area contributed by atoms with Crippen molar-refractivity contribution in [1.82, 2.24) is 25.3 Å². The summed E-state index contributed by atoms with van der Waals surface area (Å²) in [7, 11) is 0. The number of likely N-dealkylation sites (N-methyl/N-ethyl adjacent to an activating group) is 1. The molecule has 2 atom stereocenters. The Labute approximate surface area is 154 Å². The predicted molar refractivity (Wildman–Crippen MR) is 96.8 cm³/mol. The summed E-state index contributed by atoms with van der Waals surface area (Å²) in [6, 6.07) is 1.81. The monoisotopic (exact) mass is 363 g/mol. The molecule has 2 saturated heterocycles. The lowest BCUT2D eigenvalue weighted by molar-refractivity contribution is -0.126. The van der Waals surface area contributed by atoms with Gasteiger partial charge >= 0.3 is 0 Å². The molecule has 0 aromatic carbocycles.